The van der Waals surface area contributed by atoms with Crippen molar-refractivity contribution in [3.63, 3.8) is 0 Å². The number of carbonyl (C=O) groups is 4. The van der Waals surface area contributed by atoms with E-state index in [0.29, 0.717) is 46.6 Å². The third-order valence-corrected chi connectivity index (χ3v) is 12.1. The number of amides is 4. The Morgan fingerprint density at radius 2 is 1.68 bits per heavy atom. The smallest absolute Gasteiger partial charge is 0.271 e. The molecule has 1 saturated heterocycles. The van der Waals surface area contributed by atoms with Gasteiger partial charge in [-0.15, -0.1) is 34.9 Å². The van der Waals surface area contributed by atoms with Crippen molar-refractivity contribution < 1.29 is 19.2 Å². The first-order valence-electron chi connectivity index (χ1n) is 15.3. The Kier molecular flexibility index (Phi) is 11.3. The quantitative estimate of drug-likeness (QED) is 0.416. The molecule has 0 aromatic carbocycles. The average Bonchev–Trinajstić information content (AvgIpc) is 3.82. The molecule has 1 fully saturated rings. The van der Waals surface area contributed by atoms with E-state index in [4.69, 9.17) is 9.98 Å². The third kappa shape index (κ3) is 7.47. The van der Waals surface area contributed by atoms with Crippen LogP contribution in [0.1, 0.15) is 74.4 Å². The Balaban J connectivity index is 1.48. The van der Waals surface area contributed by atoms with E-state index in [1.165, 1.54) is 34.9 Å². The Bertz CT molecular complexity index is 1320. The molecule has 0 spiro atoms. The number of nitrogens with zero attached hydrogens (tertiary/aromatic N) is 4. The fourth-order valence-corrected chi connectivity index (χ4v) is 9.43. The van der Waals surface area contributed by atoms with Gasteiger partial charge in [-0.2, -0.15) is 11.8 Å². The van der Waals surface area contributed by atoms with Crippen molar-refractivity contribution in [2.24, 2.45) is 15.9 Å². The summed E-state index contributed by atoms with van der Waals surface area (Å²) >= 11 is 6.04. The number of rotatable bonds is 6. The predicted molar refractivity (Wildman–Crippen MR) is 181 cm³/mol. The number of aromatic nitrogens is 1. The molecule has 0 radical (unpaired) electrons. The first-order valence-corrected chi connectivity index (χ1v) is 19.5. The molecule has 4 amide bonds. The van der Waals surface area contributed by atoms with Crippen LogP contribution in [0.2, 0.25) is 0 Å². The van der Waals surface area contributed by atoms with Crippen molar-refractivity contribution in [1.82, 2.24) is 25.8 Å². The van der Waals surface area contributed by atoms with Crippen LogP contribution in [0.4, 0.5) is 0 Å². The minimum absolute atomic E-state index is 0.125. The van der Waals surface area contributed by atoms with Gasteiger partial charge in [-0.05, 0) is 43.6 Å². The lowest BCUT2D eigenvalue weighted by Crippen LogP contribution is -2.55. The molecule has 5 rings (SSSR count). The molecule has 1 unspecified atom stereocenters. The zero-order chi connectivity index (χ0) is 31.4. The lowest BCUT2D eigenvalue weighted by atomic mass is 10.0. The van der Waals surface area contributed by atoms with Gasteiger partial charge in [-0.1, -0.05) is 27.2 Å². The summed E-state index contributed by atoms with van der Waals surface area (Å²) in [6.45, 7) is 6.50. The van der Waals surface area contributed by atoms with Gasteiger partial charge in [0.05, 0.1) is 28.2 Å². The number of fused-ring (bicyclic) bond motifs is 6. The normalized spacial score (nSPS) is 29.9. The second-order valence-corrected chi connectivity index (χ2v) is 15.7. The number of aliphatic imine (C=N–C) groups is 2. The van der Waals surface area contributed by atoms with Gasteiger partial charge < -0.3 is 20.9 Å². The Morgan fingerprint density at radius 3 is 2.39 bits per heavy atom. The summed E-state index contributed by atoms with van der Waals surface area (Å²) in [6, 6.07) is -2.79. The van der Waals surface area contributed by atoms with Crippen LogP contribution < -0.4 is 16.0 Å². The summed E-state index contributed by atoms with van der Waals surface area (Å²) in [5.74, 6) is 0.734. The van der Waals surface area contributed by atoms with Crippen molar-refractivity contribution in [2.45, 2.75) is 89.1 Å². The summed E-state index contributed by atoms with van der Waals surface area (Å²) < 4.78 is 0. The minimum atomic E-state index is -0.701. The minimum Gasteiger partial charge on any atom is -0.345 e. The van der Waals surface area contributed by atoms with E-state index in [1.54, 1.807) is 17.1 Å². The molecule has 5 heterocycles. The molecule has 15 heteroatoms. The molecule has 3 N–H and O–H groups in total. The first kappa shape index (κ1) is 33.3. The topological polar surface area (TPSA) is 145 Å². The van der Waals surface area contributed by atoms with E-state index >= 15 is 0 Å². The number of nitrogens with one attached hydrogen (secondary N) is 3. The van der Waals surface area contributed by atoms with Crippen LogP contribution in [0, 0.1) is 5.92 Å². The SMILES string of the molecule is CCCC1NC(=O)[C@@H]2CSC(=N2)[C@@H]2CCCN2C(=O)[C@H](C(C)C)NC(=O)[C@@H]2CSC(=N2)[C@H](CCSC)NC(=O)c2csc1n2. The highest BCUT2D eigenvalue weighted by Crippen LogP contribution is 2.31. The van der Waals surface area contributed by atoms with Crippen LogP contribution in [0.3, 0.4) is 0 Å². The molecule has 44 heavy (non-hydrogen) atoms. The molecule has 0 saturated carbocycles. The molecule has 6 atom stereocenters. The van der Waals surface area contributed by atoms with Gasteiger partial charge in [0.2, 0.25) is 17.7 Å². The van der Waals surface area contributed by atoms with E-state index in [0.717, 1.165) is 30.1 Å². The van der Waals surface area contributed by atoms with Crippen molar-refractivity contribution in [3.8, 4) is 0 Å². The summed E-state index contributed by atoms with van der Waals surface area (Å²) in [5.41, 5.74) is 0.301. The number of hydrogen-bond donors (Lipinski definition) is 3. The second-order valence-electron chi connectivity index (χ2n) is 11.7. The van der Waals surface area contributed by atoms with E-state index in [2.05, 4.69) is 20.9 Å². The van der Waals surface area contributed by atoms with Crippen LogP contribution in [-0.4, -0.2) is 104 Å². The van der Waals surface area contributed by atoms with Crippen LogP contribution in [-0.2, 0) is 14.4 Å². The molecule has 4 aliphatic rings. The Morgan fingerprint density at radius 1 is 0.977 bits per heavy atom. The highest BCUT2D eigenvalue weighted by Gasteiger charge is 2.41. The Hall–Kier alpha value is -2.10. The monoisotopic (exact) mass is 679 g/mol. The highest BCUT2D eigenvalue weighted by molar-refractivity contribution is 8.14. The van der Waals surface area contributed by atoms with E-state index in [9.17, 15) is 19.2 Å². The van der Waals surface area contributed by atoms with E-state index in [-0.39, 0.29) is 47.7 Å². The summed E-state index contributed by atoms with van der Waals surface area (Å²) in [4.78, 5) is 70.2. The van der Waals surface area contributed by atoms with Crippen molar-refractivity contribution in [2.75, 3.05) is 30.1 Å². The van der Waals surface area contributed by atoms with Gasteiger partial charge >= 0.3 is 0 Å². The fourth-order valence-electron chi connectivity index (χ4n) is 5.75. The summed E-state index contributed by atoms with van der Waals surface area (Å²) in [7, 11) is 0. The van der Waals surface area contributed by atoms with Gasteiger partial charge in [-0.25, -0.2) is 4.98 Å². The molecule has 1 aromatic rings. The molecule has 11 nitrogen and oxygen atoms in total. The van der Waals surface area contributed by atoms with E-state index < -0.39 is 18.1 Å². The van der Waals surface area contributed by atoms with Gasteiger partial charge in [0.1, 0.15) is 28.8 Å². The lowest BCUT2D eigenvalue weighted by Gasteiger charge is -2.31. The molecular weight excluding hydrogens is 639 g/mol. The maximum atomic E-state index is 13.9. The standard InChI is InChI=1S/C29H41N7O4S4/c1-5-7-16-26-32-18(12-42-26)23(37)31-17(9-11-41-4)27-33-20(13-43-27)25(39)35-22(15(2)3)29(40)36-10-6-8-21(36)28-34-19(14-44-28)24(38)30-16/h12,15-17,19-22H,5-11,13-14H2,1-4H3,(H,30,38)(H,31,37)(H,35,39)/t16?,17-,19-,20-,21-,22-/m0/s1. The lowest BCUT2D eigenvalue weighted by molar-refractivity contribution is -0.137. The van der Waals surface area contributed by atoms with Crippen LogP contribution in [0.15, 0.2) is 15.4 Å². The van der Waals surface area contributed by atoms with Gasteiger partial charge in [0.15, 0.2) is 0 Å². The third-order valence-electron chi connectivity index (χ3n) is 8.16. The molecule has 1 aromatic heterocycles. The fraction of sp³-hybridized carbons (Fsp3) is 0.690. The van der Waals surface area contributed by atoms with Crippen molar-refractivity contribution in [1.29, 1.82) is 0 Å². The van der Waals surface area contributed by atoms with Crippen molar-refractivity contribution >= 4 is 80.3 Å². The molecule has 240 valence electrons. The first-order chi connectivity index (χ1) is 21.2. The van der Waals surface area contributed by atoms with Gasteiger partial charge in [-0.3, -0.25) is 29.2 Å². The highest BCUT2D eigenvalue weighted by atomic mass is 32.2. The molecule has 0 aliphatic carbocycles. The van der Waals surface area contributed by atoms with Crippen LogP contribution >= 0.6 is 46.6 Å². The number of thioether (sulfide) groups is 3. The predicted octanol–water partition coefficient (Wildman–Crippen LogP) is 3.13. The average molecular weight is 680 g/mol. The molecule has 6 bridgehead atoms. The maximum absolute atomic E-state index is 13.9. The Labute approximate surface area is 275 Å². The zero-order valence-corrected chi connectivity index (χ0v) is 28.8. The summed E-state index contributed by atoms with van der Waals surface area (Å²) in [6.07, 6.45) is 5.80. The maximum Gasteiger partial charge on any atom is 0.271 e. The molecular formula is C29H41N7O4S4. The van der Waals surface area contributed by atoms with Crippen LogP contribution in [0.25, 0.3) is 0 Å². The van der Waals surface area contributed by atoms with Crippen LogP contribution in [0.5, 0.6) is 0 Å². The number of thiazole rings is 1. The van der Waals surface area contributed by atoms with Crippen molar-refractivity contribution in [3.05, 3.63) is 16.1 Å². The van der Waals surface area contributed by atoms with Gasteiger partial charge in [0, 0.05) is 23.4 Å². The zero-order valence-electron chi connectivity index (χ0n) is 25.5. The largest absolute Gasteiger partial charge is 0.345 e. The molecule has 4 aliphatic heterocycles. The summed E-state index contributed by atoms with van der Waals surface area (Å²) in [5, 5.41) is 13.2. The number of hydrogen-bond acceptors (Lipinski definition) is 11. The second kappa shape index (κ2) is 15.0. The van der Waals surface area contributed by atoms with E-state index in [1.807, 2.05) is 31.9 Å². The van der Waals surface area contributed by atoms with Gasteiger partial charge in [0.25, 0.3) is 5.91 Å². The number of carbonyl (C=O) groups excluding carboxylic acids is 4.